The number of ketones is 2. The predicted molar refractivity (Wildman–Crippen MR) is 98.8 cm³/mol. The number of hydrogen-bond acceptors (Lipinski definition) is 5. The maximum atomic E-state index is 13.6. The van der Waals surface area contributed by atoms with E-state index in [1.54, 1.807) is 0 Å². The SMILES string of the molecule is COC1=C(OC)C(=O)[C@@]2(CCN=[N+]=[N-])C(C1=O)[C@H]1C=C[C@@H]2[C@@H]1[Si](C)(C)C. The number of methoxy groups -OCH3 is 2. The van der Waals surface area contributed by atoms with Crippen LogP contribution >= 0.6 is 0 Å². The molecule has 0 heterocycles. The van der Waals surface area contributed by atoms with Gasteiger partial charge in [-0.1, -0.05) is 36.9 Å². The Labute approximate surface area is 154 Å². The van der Waals surface area contributed by atoms with Crippen molar-refractivity contribution in [3.8, 4) is 0 Å². The fourth-order valence-electron chi connectivity index (χ4n) is 5.57. The average molecular weight is 376 g/mol. The number of ether oxygens (including phenoxy) is 2. The van der Waals surface area contributed by atoms with E-state index in [4.69, 9.17) is 15.0 Å². The quantitative estimate of drug-likeness (QED) is 0.233. The van der Waals surface area contributed by atoms with Crippen LogP contribution < -0.4 is 0 Å². The van der Waals surface area contributed by atoms with Gasteiger partial charge in [-0.2, -0.15) is 0 Å². The molecular weight excluding hydrogens is 350 g/mol. The van der Waals surface area contributed by atoms with Crippen molar-refractivity contribution in [1.29, 1.82) is 0 Å². The van der Waals surface area contributed by atoms with E-state index in [2.05, 4.69) is 41.8 Å². The number of allylic oxidation sites excluding steroid dienone is 4. The van der Waals surface area contributed by atoms with Gasteiger partial charge in [0.25, 0.3) is 0 Å². The van der Waals surface area contributed by atoms with E-state index in [-0.39, 0.29) is 41.5 Å². The summed E-state index contributed by atoms with van der Waals surface area (Å²) < 4.78 is 10.6. The molecule has 0 radical (unpaired) electrons. The van der Waals surface area contributed by atoms with Crippen molar-refractivity contribution in [3.63, 3.8) is 0 Å². The number of carbonyl (C=O) groups excluding carboxylic acids is 2. The van der Waals surface area contributed by atoms with Crippen molar-refractivity contribution in [2.45, 2.75) is 31.6 Å². The van der Waals surface area contributed by atoms with Gasteiger partial charge in [-0.25, -0.2) is 0 Å². The molecule has 0 amide bonds. The van der Waals surface area contributed by atoms with E-state index in [9.17, 15) is 9.59 Å². The number of Topliss-reactive ketones (excluding diaryl/α,β-unsaturated/α-hetero) is 2. The number of azide groups is 1. The molecule has 8 heteroatoms. The molecule has 26 heavy (non-hydrogen) atoms. The highest BCUT2D eigenvalue weighted by Gasteiger charge is 2.71. The summed E-state index contributed by atoms with van der Waals surface area (Å²) in [5.74, 6) is -0.790. The van der Waals surface area contributed by atoms with Crippen LogP contribution in [0.4, 0.5) is 0 Å². The molecular formula is C18H25N3O4Si. The molecule has 1 unspecified atom stereocenters. The Kier molecular flexibility index (Phi) is 4.53. The Hall–Kier alpha value is -2.05. The van der Waals surface area contributed by atoms with Crippen molar-refractivity contribution in [2.24, 2.45) is 28.3 Å². The van der Waals surface area contributed by atoms with Gasteiger partial charge in [0.1, 0.15) is 0 Å². The molecule has 0 N–H and O–H groups in total. The highest BCUT2D eigenvalue weighted by Crippen LogP contribution is 2.69. The highest BCUT2D eigenvalue weighted by molar-refractivity contribution is 6.78. The van der Waals surface area contributed by atoms with Gasteiger partial charge in [0.05, 0.1) is 19.6 Å². The van der Waals surface area contributed by atoms with Crippen LogP contribution in [-0.2, 0) is 19.1 Å². The second-order valence-corrected chi connectivity index (χ2v) is 13.8. The monoisotopic (exact) mass is 375 g/mol. The summed E-state index contributed by atoms with van der Waals surface area (Å²) in [6.45, 7) is 7.01. The van der Waals surface area contributed by atoms with Crippen molar-refractivity contribution < 1.29 is 19.1 Å². The predicted octanol–water partition coefficient (Wildman–Crippen LogP) is 3.47. The van der Waals surface area contributed by atoms with Gasteiger partial charge in [0.2, 0.25) is 23.1 Å². The van der Waals surface area contributed by atoms with E-state index in [1.165, 1.54) is 14.2 Å². The lowest BCUT2D eigenvalue weighted by molar-refractivity contribution is -0.145. The second kappa shape index (κ2) is 6.28. The van der Waals surface area contributed by atoms with Gasteiger partial charge in [-0.3, -0.25) is 9.59 Å². The molecule has 3 aliphatic carbocycles. The molecule has 1 saturated carbocycles. The molecule has 0 spiro atoms. The number of nitrogens with zero attached hydrogens (tertiary/aromatic N) is 3. The van der Waals surface area contributed by atoms with Gasteiger partial charge in [0, 0.05) is 25.4 Å². The van der Waals surface area contributed by atoms with Gasteiger partial charge < -0.3 is 9.47 Å². The lowest BCUT2D eigenvalue weighted by Gasteiger charge is -2.43. The summed E-state index contributed by atoms with van der Waals surface area (Å²) in [4.78, 5) is 29.7. The topological polar surface area (TPSA) is 101 Å². The molecule has 5 atom stereocenters. The fraction of sp³-hybridized carbons (Fsp3) is 0.667. The normalized spacial score (nSPS) is 35.4. The zero-order valence-corrected chi connectivity index (χ0v) is 16.9. The molecule has 0 aliphatic heterocycles. The molecule has 0 aromatic heterocycles. The Morgan fingerprint density at radius 3 is 2.38 bits per heavy atom. The summed E-state index contributed by atoms with van der Waals surface area (Å²) in [5.41, 5.74) is 8.08. The maximum Gasteiger partial charge on any atom is 0.208 e. The van der Waals surface area contributed by atoms with Crippen molar-refractivity contribution in [3.05, 3.63) is 34.1 Å². The van der Waals surface area contributed by atoms with Crippen LogP contribution in [-0.4, -0.2) is 40.4 Å². The Morgan fingerprint density at radius 2 is 1.85 bits per heavy atom. The number of fused-ring (bicyclic) bond motifs is 5. The Morgan fingerprint density at radius 1 is 1.19 bits per heavy atom. The maximum absolute atomic E-state index is 13.6. The van der Waals surface area contributed by atoms with Gasteiger partial charge >= 0.3 is 0 Å². The minimum atomic E-state index is -1.66. The third kappa shape index (κ3) is 2.28. The Bertz CT molecular complexity index is 763. The van der Waals surface area contributed by atoms with E-state index in [0.717, 1.165) is 0 Å². The average Bonchev–Trinajstić information content (AvgIpc) is 3.13. The summed E-state index contributed by atoms with van der Waals surface area (Å²) in [7, 11) is 1.12. The van der Waals surface area contributed by atoms with Gasteiger partial charge in [-0.05, 0) is 29.3 Å². The first-order valence-corrected chi connectivity index (χ1v) is 12.4. The fourth-order valence-corrected chi connectivity index (χ4v) is 8.51. The third-order valence-corrected chi connectivity index (χ3v) is 9.06. The minimum absolute atomic E-state index is 0.00460. The third-order valence-electron chi connectivity index (χ3n) is 6.32. The van der Waals surface area contributed by atoms with Crippen LogP contribution in [0.15, 0.2) is 28.8 Å². The molecule has 2 bridgehead atoms. The number of hydrogen-bond donors (Lipinski definition) is 0. The van der Waals surface area contributed by atoms with Crippen LogP contribution in [0.3, 0.4) is 0 Å². The smallest absolute Gasteiger partial charge is 0.208 e. The minimum Gasteiger partial charge on any atom is -0.490 e. The van der Waals surface area contributed by atoms with E-state index in [1.807, 2.05) is 0 Å². The van der Waals surface area contributed by atoms with Crippen molar-refractivity contribution in [1.82, 2.24) is 0 Å². The van der Waals surface area contributed by atoms with Crippen LogP contribution in [0.1, 0.15) is 6.42 Å². The van der Waals surface area contributed by atoms with Crippen molar-refractivity contribution >= 4 is 19.6 Å². The summed E-state index contributed by atoms with van der Waals surface area (Å²) >= 11 is 0. The van der Waals surface area contributed by atoms with Gasteiger partial charge in [-0.15, -0.1) is 0 Å². The van der Waals surface area contributed by atoms with Crippen LogP contribution in [0.5, 0.6) is 0 Å². The Balaban J connectivity index is 2.20. The van der Waals surface area contributed by atoms with Gasteiger partial charge in [0.15, 0.2) is 0 Å². The lowest BCUT2D eigenvalue weighted by atomic mass is 9.59. The highest BCUT2D eigenvalue weighted by atomic mass is 28.3. The standard InChI is InChI=1S/C18H25N3O4Si/c1-24-14-13(22)12-10-6-7-11(16(10)26(3,4)5)18(12,8-9-20-21-19)17(23)15(14)25-2/h6-7,10-12,16H,8-9H2,1-5H3/t10-,11-,12?,16-,18-/m1/s1. The molecule has 3 aliphatic rings. The van der Waals surface area contributed by atoms with Crippen molar-refractivity contribution in [2.75, 3.05) is 20.8 Å². The first-order valence-electron chi connectivity index (χ1n) is 8.86. The lowest BCUT2D eigenvalue weighted by Crippen LogP contribution is -2.51. The molecule has 140 valence electrons. The van der Waals surface area contributed by atoms with Crippen LogP contribution in [0, 0.1) is 23.2 Å². The zero-order valence-electron chi connectivity index (χ0n) is 15.9. The second-order valence-electron chi connectivity index (χ2n) is 8.36. The van der Waals surface area contributed by atoms with E-state index < -0.39 is 19.4 Å². The molecule has 0 saturated heterocycles. The number of rotatable bonds is 6. The van der Waals surface area contributed by atoms with E-state index in [0.29, 0.717) is 12.0 Å². The molecule has 7 nitrogen and oxygen atoms in total. The summed E-state index contributed by atoms with van der Waals surface area (Å²) in [6, 6.07) is 0. The van der Waals surface area contributed by atoms with E-state index >= 15 is 0 Å². The largest absolute Gasteiger partial charge is 0.490 e. The number of carbonyl (C=O) groups is 2. The molecule has 1 fully saturated rings. The molecule has 3 rings (SSSR count). The first-order chi connectivity index (χ1) is 12.3. The molecule has 0 aromatic carbocycles. The molecule has 0 aromatic rings. The van der Waals surface area contributed by atoms with Crippen LogP contribution in [0.25, 0.3) is 10.4 Å². The summed E-state index contributed by atoms with van der Waals surface area (Å²) in [5, 5.41) is 3.66. The zero-order chi connectivity index (χ0) is 19.3. The summed E-state index contributed by atoms with van der Waals surface area (Å²) in [6.07, 6.45) is 4.57. The van der Waals surface area contributed by atoms with Crippen LogP contribution in [0.2, 0.25) is 25.2 Å². The first kappa shape index (κ1) is 18.7.